The fourth-order valence-electron chi connectivity index (χ4n) is 3.13. The van der Waals surface area contributed by atoms with Gasteiger partial charge in [-0.2, -0.15) is 0 Å². The Kier molecular flexibility index (Phi) is 6.33. The van der Waals surface area contributed by atoms with Crippen LogP contribution in [0.2, 0.25) is 0 Å². The average Bonchev–Trinajstić information content (AvgIpc) is 2.66. The number of likely N-dealkylation sites (N-methyl/N-ethyl adjacent to an activating group) is 1. The van der Waals surface area contributed by atoms with Gasteiger partial charge in [-0.1, -0.05) is 62.7 Å². The summed E-state index contributed by atoms with van der Waals surface area (Å²) >= 11 is 0. The van der Waals surface area contributed by atoms with Gasteiger partial charge in [0.2, 0.25) is 0 Å². The van der Waals surface area contributed by atoms with Gasteiger partial charge in [-0.25, -0.2) is 9.97 Å². The Bertz CT molecular complexity index is 996. The van der Waals surface area contributed by atoms with Crippen molar-refractivity contribution in [2.75, 3.05) is 32.5 Å². The van der Waals surface area contributed by atoms with Crippen LogP contribution in [0.15, 0.2) is 42.5 Å². The zero-order valence-electron chi connectivity index (χ0n) is 18.5. The van der Waals surface area contributed by atoms with E-state index in [2.05, 4.69) is 101 Å². The summed E-state index contributed by atoms with van der Waals surface area (Å²) in [6, 6.07) is 15.0. The van der Waals surface area contributed by atoms with Crippen LogP contribution in [-0.2, 0) is 5.41 Å². The molecule has 0 spiro atoms. The van der Waals surface area contributed by atoms with Crippen molar-refractivity contribution in [2.24, 2.45) is 0 Å². The van der Waals surface area contributed by atoms with Crippen LogP contribution >= 0.6 is 0 Å². The summed E-state index contributed by atoms with van der Waals surface area (Å²) in [6.45, 7) is 10.6. The summed E-state index contributed by atoms with van der Waals surface area (Å²) in [5.74, 6) is 1.61. The predicted octanol–water partition coefficient (Wildman–Crippen LogP) is 5.38. The lowest BCUT2D eigenvalue weighted by Gasteiger charge is -2.18. The Morgan fingerprint density at radius 3 is 2.34 bits per heavy atom. The highest BCUT2D eigenvalue weighted by Crippen LogP contribution is 2.24. The minimum Gasteiger partial charge on any atom is -0.368 e. The first-order valence-electron chi connectivity index (χ1n) is 10.2. The molecule has 0 aliphatic carbocycles. The van der Waals surface area contributed by atoms with Crippen LogP contribution in [0.25, 0.3) is 23.1 Å². The molecule has 2 aromatic carbocycles. The number of fused-ring (bicyclic) bond motifs is 1. The van der Waals surface area contributed by atoms with Crippen molar-refractivity contribution in [1.82, 2.24) is 14.9 Å². The quantitative estimate of drug-likeness (QED) is 0.615. The van der Waals surface area contributed by atoms with Gasteiger partial charge in [0.15, 0.2) is 5.82 Å². The second kappa shape index (κ2) is 8.75. The molecule has 0 fully saturated rings. The molecule has 0 amide bonds. The SMILES string of the molecule is Cc1ccc2nc(/C=C/c3ccc(C(C)(C)C)cc3)nc(NCCN(C)C)c2c1. The Hall–Kier alpha value is -2.72. The molecule has 0 saturated heterocycles. The van der Waals surface area contributed by atoms with Crippen molar-refractivity contribution in [3.63, 3.8) is 0 Å². The number of rotatable bonds is 6. The number of benzene rings is 2. The third-order valence-electron chi connectivity index (χ3n) is 4.92. The van der Waals surface area contributed by atoms with Gasteiger partial charge < -0.3 is 10.2 Å². The van der Waals surface area contributed by atoms with Crippen LogP contribution in [0.1, 0.15) is 43.3 Å². The third-order valence-corrected chi connectivity index (χ3v) is 4.92. The molecule has 0 atom stereocenters. The molecule has 1 N–H and O–H groups in total. The molecule has 0 aliphatic heterocycles. The van der Waals surface area contributed by atoms with Crippen LogP contribution in [0.5, 0.6) is 0 Å². The molecule has 29 heavy (non-hydrogen) atoms. The topological polar surface area (TPSA) is 41.1 Å². The fourth-order valence-corrected chi connectivity index (χ4v) is 3.13. The Morgan fingerprint density at radius 1 is 0.966 bits per heavy atom. The van der Waals surface area contributed by atoms with Gasteiger partial charge in [0.25, 0.3) is 0 Å². The van der Waals surface area contributed by atoms with Crippen LogP contribution in [0, 0.1) is 6.92 Å². The maximum absolute atomic E-state index is 4.78. The van der Waals surface area contributed by atoms with Crippen molar-refractivity contribution in [1.29, 1.82) is 0 Å². The van der Waals surface area contributed by atoms with Crippen LogP contribution in [-0.4, -0.2) is 42.1 Å². The Morgan fingerprint density at radius 2 is 1.69 bits per heavy atom. The molecular formula is C25H32N4. The summed E-state index contributed by atoms with van der Waals surface area (Å²) in [5.41, 5.74) is 4.81. The van der Waals surface area contributed by atoms with E-state index in [1.807, 2.05) is 6.08 Å². The number of aryl methyl sites for hydroxylation is 1. The molecule has 1 heterocycles. The van der Waals surface area contributed by atoms with Crippen LogP contribution in [0.4, 0.5) is 5.82 Å². The second-order valence-electron chi connectivity index (χ2n) is 8.89. The first kappa shape index (κ1) is 21.0. The van der Waals surface area contributed by atoms with E-state index in [-0.39, 0.29) is 5.41 Å². The van der Waals surface area contributed by atoms with Gasteiger partial charge in [-0.05, 0) is 55.8 Å². The summed E-state index contributed by atoms with van der Waals surface area (Å²) in [6.07, 6.45) is 4.06. The lowest BCUT2D eigenvalue weighted by Crippen LogP contribution is -2.21. The molecule has 0 unspecified atom stereocenters. The van der Waals surface area contributed by atoms with Crippen molar-refractivity contribution in [3.8, 4) is 0 Å². The van der Waals surface area contributed by atoms with E-state index < -0.39 is 0 Å². The predicted molar refractivity (Wildman–Crippen MR) is 125 cm³/mol. The maximum atomic E-state index is 4.78. The molecule has 3 aromatic rings. The molecule has 1 aromatic heterocycles. The number of nitrogens with zero attached hydrogens (tertiary/aromatic N) is 3. The highest BCUT2D eigenvalue weighted by molar-refractivity contribution is 5.90. The van der Waals surface area contributed by atoms with Crippen molar-refractivity contribution < 1.29 is 0 Å². The van der Waals surface area contributed by atoms with E-state index in [0.29, 0.717) is 5.82 Å². The van der Waals surface area contributed by atoms with Gasteiger partial charge in [0.1, 0.15) is 5.82 Å². The van der Waals surface area contributed by atoms with E-state index in [1.54, 1.807) is 0 Å². The first-order chi connectivity index (χ1) is 13.7. The zero-order valence-corrected chi connectivity index (χ0v) is 18.5. The van der Waals surface area contributed by atoms with Crippen molar-refractivity contribution in [2.45, 2.75) is 33.1 Å². The summed E-state index contributed by atoms with van der Waals surface area (Å²) < 4.78 is 0. The summed E-state index contributed by atoms with van der Waals surface area (Å²) in [4.78, 5) is 11.7. The van der Waals surface area contributed by atoms with Gasteiger partial charge in [-0.3, -0.25) is 0 Å². The number of nitrogens with one attached hydrogen (secondary N) is 1. The van der Waals surface area contributed by atoms with Crippen molar-refractivity contribution >= 4 is 28.9 Å². The molecule has 0 bridgehead atoms. The first-order valence-corrected chi connectivity index (χ1v) is 10.2. The highest BCUT2D eigenvalue weighted by atomic mass is 15.1. The Labute approximate surface area is 174 Å². The summed E-state index contributed by atoms with van der Waals surface area (Å²) in [5, 5.41) is 4.55. The molecule has 0 radical (unpaired) electrons. The molecule has 4 nitrogen and oxygen atoms in total. The van der Waals surface area contributed by atoms with Gasteiger partial charge in [0, 0.05) is 18.5 Å². The standard InChI is InChI=1S/C25H32N4/c1-18-7-13-22-21(17-18)24(26-15-16-29(5)6)28-23(27-22)14-10-19-8-11-20(12-9-19)25(2,3)4/h7-14,17H,15-16H2,1-6H3,(H,26,27,28)/b14-10+. The molecule has 0 saturated carbocycles. The monoisotopic (exact) mass is 388 g/mol. The number of anilines is 1. The molecular weight excluding hydrogens is 356 g/mol. The summed E-state index contributed by atoms with van der Waals surface area (Å²) in [7, 11) is 4.14. The molecule has 4 heteroatoms. The maximum Gasteiger partial charge on any atom is 0.154 e. The molecule has 0 aliphatic rings. The van der Waals surface area contributed by atoms with E-state index in [9.17, 15) is 0 Å². The minimum atomic E-state index is 0.162. The number of hydrogen-bond acceptors (Lipinski definition) is 4. The van der Waals surface area contributed by atoms with Gasteiger partial charge in [-0.15, -0.1) is 0 Å². The smallest absolute Gasteiger partial charge is 0.154 e. The van der Waals surface area contributed by atoms with Crippen LogP contribution < -0.4 is 5.32 Å². The number of aromatic nitrogens is 2. The Balaban J connectivity index is 1.88. The van der Waals surface area contributed by atoms with E-state index >= 15 is 0 Å². The van der Waals surface area contributed by atoms with Crippen molar-refractivity contribution in [3.05, 3.63) is 65.0 Å². The van der Waals surface area contributed by atoms with Gasteiger partial charge in [0.05, 0.1) is 5.52 Å². The number of hydrogen-bond donors (Lipinski definition) is 1. The lowest BCUT2D eigenvalue weighted by molar-refractivity contribution is 0.425. The molecule has 3 rings (SSSR count). The molecule has 152 valence electrons. The largest absolute Gasteiger partial charge is 0.368 e. The average molecular weight is 389 g/mol. The normalized spacial score (nSPS) is 12.2. The minimum absolute atomic E-state index is 0.162. The van der Waals surface area contributed by atoms with E-state index in [1.165, 1.54) is 11.1 Å². The van der Waals surface area contributed by atoms with Gasteiger partial charge >= 0.3 is 0 Å². The zero-order chi connectivity index (χ0) is 21.0. The second-order valence-corrected chi connectivity index (χ2v) is 8.89. The van der Waals surface area contributed by atoms with E-state index in [0.717, 1.165) is 35.4 Å². The van der Waals surface area contributed by atoms with Crippen LogP contribution in [0.3, 0.4) is 0 Å². The highest BCUT2D eigenvalue weighted by Gasteiger charge is 2.12. The fraction of sp³-hybridized carbons (Fsp3) is 0.360. The third kappa shape index (κ3) is 5.64. The van der Waals surface area contributed by atoms with E-state index in [4.69, 9.17) is 9.97 Å². The lowest BCUT2D eigenvalue weighted by atomic mass is 9.87.